The zero-order valence-electron chi connectivity index (χ0n) is 11.2. The minimum absolute atomic E-state index is 0.0635. The highest BCUT2D eigenvalue weighted by Crippen LogP contribution is 2.09. The third-order valence-electron chi connectivity index (χ3n) is 2.70. The zero-order valence-corrected chi connectivity index (χ0v) is 12.0. The molecule has 0 spiro atoms. The minimum Gasteiger partial charge on any atom is -0.455 e. The first-order chi connectivity index (χ1) is 10.1. The Hall–Kier alpha value is -2.21. The first-order valence-electron chi connectivity index (χ1n) is 6.33. The SMILES string of the molecule is O=C(COC(=O)Cc1cccs1)NCc1ccccc1F. The molecule has 1 aromatic heterocycles. The number of halogens is 1. The molecule has 6 heteroatoms. The maximum Gasteiger partial charge on any atom is 0.311 e. The molecular weight excluding hydrogens is 293 g/mol. The standard InChI is InChI=1S/C15H14FNO3S/c16-13-6-2-1-4-11(13)9-17-14(18)10-20-15(19)8-12-5-3-7-21-12/h1-7H,8-10H2,(H,17,18). The molecule has 2 aromatic rings. The topological polar surface area (TPSA) is 55.4 Å². The molecule has 0 unspecified atom stereocenters. The third-order valence-corrected chi connectivity index (χ3v) is 3.57. The van der Waals surface area contributed by atoms with Gasteiger partial charge in [0.05, 0.1) is 6.42 Å². The van der Waals surface area contributed by atoms with Gasteiger partial charge in [0.15, 0.2) is 6.61 Å². The smallest absolute Gasteiger partial charge is 0.311 e. The summed E-state index contributed by atoms with van der Waals surface area (Å²) in [5.41, 5.74) is 0.385. The van der Waals surface area contributed by atoms with E-state index in [1.165, 1.54) is 17.4 Å². The molecule has 0 aliphatic heterocycles. The van der Waals surface area contributed by atoms with E-state index in [9.17, 15) is 14.0 Å². The van der Waals surface area contributed by atoms with Crippen molar-refractivity contribution >= 4 is 23.2 Å². The van der Waals surface area contributed by atoms with Gasteiger partial charge in [0.1, 0.15) is 5.82 Å². The van der Waals surface area contributed by atoms with Crippen molar-refractivity contribution in [3.05, 3.63) is 58.0 Å². The molecule has 21 heavy (non-hydrogen) atoms. The first kappa shape index (κ1) is 15.2. The van der Waals surface area contributed by atoms with Crippen molar-refractivity contribution in [3.63, 3.8) is 0 Å². The minimum atomic E-state index is -0.460. The van der Waals surface area contributed by atoms with Gasteiger partial charge in [0, 0.05) is 17.0 Å². The van der Waals surface area contributed by atoms with Gasteiger partial charge in [-0.2, -0.15) is 0 Å². The monoisotopic (exact) mass is 307 g/mol. The van der Waals surface area contributed by atoms with Crippen LogP contribution in [-0.4, -0.2) is 18.5 Å². The van der Waals surface area contributed by atoms with Crippen LogP contribution in [0, 0.1) is 5.82 Å². The summed E-state index contributed by atoms with van der Waals surface area (Å²) in [6, 6.07) is 9.83. The van der Waals surface area contributed by atoms with Crippen molar-refractivity contribution < 1.29 is 18.7 Å². The molecule has 0 saturated carbocycles. The van der Waals surface area contributed by atoms with Crippen molar-refractivity contribution in [3.8, 4) is 0 Å². The van der Waals surface area contributed by atoms with Crippen LogP contribution >= 0.6 is 11.3 Å². The summed E-state index contributed by atoms with van der Waals surface area (Å²) in [5.74, 6) is -1.30. The van der Waals surface area contributed by atoms with Gasteiger partial charge in [-0.15, -0.1) is 11.3 Å². The van der Waals surface area contributed by atoms with Crippen LogP contribution in [0.15, 0.2) is 41.8 Å². The van der Waals surface area contributed by atoms with Gasteiger partial charge >= 0.3 is 5.97 Å². The lowest BCUT2D eigenvalue weighted by Crippen LogP contribution is -2.28. The van der Waals surface area contributed by atoms with Crippen LogP contribution in [0.4, 0.5) is 4.39 Å². The molecule has 1 heterocycles. The molecule has 0 fully saturated rings. The van der Waals surface area contributed by atoms with Crippen LogP contribution in [0.3, 0.4) is 0 Å². The van der Waals surface area contributed by atoms with Crippen molar-refractivity contribution in [1.29, 1.82) is 0 Å². The van der Waals surface area contributed by atoms with E-state index in [2.05, 4.69) is 5.32 Å². The fourth-order valence-electron chi connectivity index (χ4n) is 1.64. The molecule has 0 radical (unpaired) electrons. The first-order valence-corrected chi connectivity index (χ1v) is 7.21. The highest BCUT2D eigenvalue weighted by molar-refractivity contribution is 7.10. The van der Waals surface area contributed by atoms with Crippen LogP contribution in [-0.2, 0) is 27.3 Å². The average Bonchev–Trinajstić information content (AvgIpc) is 2.97. The van der Waals surface area contributed by atoms with Crippen LogP contribution in [0.25, 0.3) is 0 Å². The predicted molar refractivity (Wildman–Crippen MR) is 77.2 cm³/mol. The normalized spacial score (nSPS) is 10.1. The Morgan fingerprint density at radius 2 is 2.00 bits per heavy atom. The molecule has 0 saturated heterocycles. The predicted octanol–water partition coefficient (Wildman–Crippen LogP) is 2.29. The number of carbonyl (C=O) groups is 2. The summed E-state index contributed by atoms with van der Waals surface area (Å²) >= 11 is 1.45. The van der Waals surface area contributed by atoms with E-state index in [1.54, 1.807) is 18.2 Å². The number of carbonyl (C=O) groups excluding carboxylic acids is 2. The Balaban J connectivity index is 1.70. The van der Waals surface area contributed by atoms with Crippen LogP contribution in [0.2, 0.25) is 0 Å². The maximum atomic E-state index is 13.3. The lowest BCUT2D eigenvalue weighted by molar-refractivity contribution is -0.147. The summed E-state index contributed by atoms with van der Waals surface area (Å²) in [6.45, 7) is -0.299. The van der Waals surface area contributed by atoms with Crippen molar-refractivity contribution in [2.24, 2.45) is 0 Å². The van der Waals surface area contributed by atoms with Gasteiger partial charge in [-0.25, -0.2) is 4.39 Å². The van der Waals surface area contributed by atoms with Crippen molar-refractivity contribution in [2.75, 3.05) is 6.61 Å². The van der Waals surface area contributed by atoms with Crippen molar-refractivity contribution in [1.82, 2.24) is 5.32 Å². The summed E-state index contributed by atoms with van der Waals surface area (Å²) in [7, 11) is 0. The molecule has 1 N–H and O–H groups in total. The van der Waals surface area contributed by atoms with E-state index in [0.717, 1.165) is 4.88 Å². The summed E-state index contributed by atoms with van der Waals surface area (Å²) in [6.07, 6.45) is 0.151. The number of hydrogen-bond donors (Lipinski definition) is 1. The Morgan fingerprint density at radius 3 is 2.71 bits per heavy atom. The molecule has 0 aliphatic rings. The molecule has 4 nitrogen and oxygen atoms in total. The number of thiophene rings is 1. The van der Waals surface area contributed by atoms with Crippen molar-refractivity contribution in [2.45, 2.75) is 13.0 Å². The Labute approximate surface area is 125 Å². The second-order valence-corrected chi connectivity index (χ2v) is 5.32. The molecule has 2 rings (SSSR count). The molecule has 1 aromatic carbocycles. The number of hydrogen-bond acceptors (Lipinski definition) is 4. The molecule has 110 valence electrons. The lowest BCUT2D eigenvalue weighted by atomic mass is 10.2. The Kier molecular flexibility index (Phi) is 5.45. The van der Waals surface area contributed by atoms with Gasteiger partial charge in [0.25, 0.3) is 5.91 Å². The fourth-order valence-corrected chi connectivity index (χ4v) is 2.33. The highest BCUT2D eigenvalue weighted by atomic mass is 32.1. The van der Waals surface area contributed by atoms with E-state index < -0.39 is 11.9 Å². The van der Waals surface area contributed by atoms with Gasteiger partial charge in [0.2, 0.25) is 0 Å². The van der Waals surface area contributed by atoms with Crippen LogP contribution in [0.1, 0.15) is 10.4 Å². The van der Waals surface area contributed by atoms with Gasteiger partial charge in [-0.1, -0.05) is 24.3 Å². The second kappa shape index (κ2) is 7.54. The molecular formula is C15H14FNO3S. The highest BCUT2D eigenvalue weighted by Gasteiger charge is 2.09. The van der Waals surface area contributed by atoms with E-state index in [-0.39, 0.29) is 25.4 Å². The largest absolute Gasteiger partial charge is 0.455 e. The number of esters is 1. The number of ether oxygens (including phenoxy) is 1. The van der Waals surface area contributed by atoms with E-state index in [1.807, 2.05) is 17.5 Å². The fraction of sp³-hybridized carbons (Fsp3) is 0.200. The summed E-state index contributed by atoms with van der Waals surface area (Å²) in [5, 5.41) is 4.37. The summed E-state index contributed by atoms with van der Waals surface area (Å²) < 4.78 is 18.2. The summed E-state index contributed by atoms with van der Waals surface area (Å²) in [4.78, 5) is 23.9. The lowest BCUT2D eigenvalue weighted by Gasteiger charge is -2.07. The molecule has 1 amide bonds. The molecule has 0 bridgehead atoms. The van der Waals surface area contributed by atoms with E-state index in [4.69, 9.17) is 4.74 Å². The van der Waals surface area contributed by atoms with Crippen LogP contribution < -0.4 is 5.32 Å². The number of benzene rings is 1. The zero-order chi connectivity index (χ0) is 15.1. The van der Waals surface area contributed by atoms with Gasteiger partial charge < -0.3 is 10.1 Å². The van der Waals surface area contributed by atoms with Crippen LogP contribution in [0.5, 0.6) is 0 Å². The van der Waals surface area contributed by atoms with Gasteiger partial charge in [-0.3, -0.25) is 9.59 Å². The molecule has 0 aliphatic carbocycles. The second-order valence-electron chi connectivity index (χ2n) is 4.28. The third kappa shape index (κ3) is 5.00. The number of rotatable bonds is 6. The number of amides is 1. The average molecular weight is 307 g/mol. The van der Waals surface area contributed by atoms with Gasteiger partial charge in [-0.05, 0) is 17.5 Å². The molecule has 0 atom stereocenters. The quantitative estimate of drug-likeness (QED) is 0.833. The Morgan fingerprint density at radius 1 is 1.19 bits per heavy atom. The van der Waals surface area contributed by atoms with E-state index in [0.29, 0.717) is 5.56 Å². The number of nitrogens with one attached hydrogen (secondary N) is 1. The van der Waals surface area contributed by atoms with E-state index >= 15 is 0 Å². The maximum absolute atomic E-state index is 13.3. The Bertz CT molecular complexity index is 613.